The fraction of sp³-hybridized carbons (Fsp3) is 0.667. The molecule has 3 heteroatoms. The van der Waals surface area contributed by atoms with Crippen LogP contribution in [0.15, 0.2) is 11.8 Å². The summed E-state index contributed by atoms with van der Waals surface area (Å²) in [6, 6.07) is 0. The summed E-state index contributed by atoms with van der Waals surface area (Å²) in [5.74, 6) is 0. The monoisotopic (exact) mass is 206 g/mol. The van der Waals surface area contributed by atoms with Crippen LogP contribution in [0.4, 0.5) is 0 Å². The van der Waals surface area contributed by atoms with Crippen molar-refractivity contribution in [3.05, 3.63) is 11.8 Å². The molecule has 0 amide bonds. The van der Waals surface area contributed by atoms with Gasteiger partial charge in [0.25, 0.3) is 0 Å². The van der Waals surface area contributed by atoms with Gasteiger partial charge >= 0.3 is 67.0 Å². The van der Waals surface area contributed by atoms with Crippen molar-refractivity contribution in [1.29, 1.82) is 0 Å². The Morgan fingerprint density at radius 1 is 1.56 bits per heavy atom. The summed E-state index contributed by atoms with van der Waals surface area (Å²) in [6.07, 6.45) is 0. The normalized spacial score (nSPS) is 11.6. The summed E-state index contributed by atoms with van der Waals surface area (Å²) in [5.41, 5.74) is 0. The molecule has 0 aliphatic heterocycles. The Bertz CT molecular complexity index is 106. The van der Waals surface area contributed by atoms with Gasteiger partial charge in [0.2, 0.25) is 0 Å². The van der Waals surface area contributed by atoms with Gasteiger partial charge in [-0.15, -0.1) is 0 Å². The first-order valence-electron chi connectivity index (χ1n) is 2.98. The van der Waals surface area contributed by atoms with Gasteiger partial charge in [-0.3, -0.25) is 0 Å². The number of hydrogen-bond donors (Lipinski definition) is 0. The zero-order valence-electron chi connectivity index (χ0n) is 6.40. The Hall–Kier alpha value is 0.475. The third-order valence-corrected chi connectivity index (χ3v) is 3.93. The van der Waals surface area contributed by atoms with Crippen LogP contribution in [0, 0.1) is 0 Å². The zero-order chi connectivity index (χ0) is 7.49. The molecule has 0 saturated heterocycles. The zero-order valence-corrected chi connectivity index (χ0v) is 9.82. The van der Waals surface area contributed by atoms with Crippen molar-refractivity contribution < 1.29 is 3.73 Å². The van der Waals surface area contributed by atoms with Crippen molar-refractivity contribution in [2.75, 3.05) is 6.61 Å². The van der Waals surface area contributed by atoms with Crippen LogP contribution in [-0.2, 0) is 3.73 Å². The van der Waals surface area contributed by atoms with Crippen molar-refractivity contribution >= 4 is 25.3 Å². The maximum atomic E-state index is 5.03. The number of hydrogen-bond acceptors (Lipinski definition) is 1. The third-order valence-electron chi connectivity index (χ3n) is 1.32. The second-order valence-electron chi connectivity index (χ2n) is 3.16. The standard InChI is InChI=1S/C6H15AsOSi/c1-6(5-8-7)9(2,3)4/h1,5,7H2,2-4H3. The Morgan fingerprint density at radius 3 is 2.11 bits per heavy atom. The molecule has 0 N–H and O–H groups in total. The molecule has 0 spiro atoms. The molecule has 0 aromatic rings. The number of rotatable bonds is 3. The van der Waals surface area contributed by atoms with E-state index in [4.69, 9.17) is 3.73 Å². The van der Waals surface area contributed by atoms with Crippen molar-refractivity contribution in [1.82, 2.24) is 0 Å². The van der Waals surface area contributed by atoms with Crippen molar-refractivity contribution in [2.45, 2.75) is 19.6 Å². The second-order valence-corrected chi connectivity index (χ2v) is 9.07. The van der Waals surface area contributed by atoms with E-state index >= 15 is 0 Å². The third kappa shape index (κ3) is 3.96. The van der Waals surface area contributed by atoms with E-state index in [-0.39, 0.29) is 0 Å². The van der Waals surface area contributed by atoms with Crippen LogP contribution in [-0.4, -0.2) is 31.9 Å². The van der Waals surface area contributed by atoms with Gasteiger partial charge < -0.3 is 0 Å². The van der Waals surface area contributed by atoms with Gasteiger partial charge in [0.15, 0.2) is 0 Å². The molecule has 0 radical (unpaired) electrons. The van der Waals surface area contributed by atoms with E-state index in [1.165, 1.54) is 22.4 Å². The van der Waals surface area contributed by atoms with Gasteiger partial charge in [-0.1, -0.05) is 0 Å². The van der Waals surface area contributed by atoms with Crippen molar-refractivity contribution in [3.63, 3.8) is 0 Å². The first-order chi connectivity index (χ1) is 3.98. The molecule has 1 unspecified atom stereocenters. The summed E-state index contributed by atoms with van der Waals surface area (Å²) in [7, 11) is -1.09. The summed E-state index contributed by atoms with van der Waals surface area (Å²) < 4.78 is 5.03. The maximum absolute atomic E-state index is 5.03. The molecule has 9 heavy (non-hydrogen) atoms. The molecular formula is C6H15AsOSi. The minimum absolute atomic E-state index is 0.760. The van der Waals surface area contributed by atoms with E-state index in [0.717, 1.165) is 6.61 Å². The van der Waals surface area contributed by atoms with Gasteiger partial charge in [-0.2, -0.15) is 0 Å². The molecule has 0 bridgehead atoms. The molecule has 1 atom stereocenters. The SMILES string of the molecule is C=C(CO[AsH2])[Si](C)(C)C. The molecule has 0 aromatic carbocycles. The van der Waals surface area contributed by atoms with Crippen LogP contribution in [0.1, 0.15) is 0 Å². The molecule has 0 rings (SSSR count). The van der Waals surface area contributed by atoms with Gasteiger partial charge in [-0.05, 0) is 0 Å². The minimum atomic E-state index is -1.09. The van der Waals surface area contributed by atoms with Crippen LogP contribution in [0.2, 0.25) is 19.6 Å². The summed E-state index contributed by atoms with van der Waals surface area (Å²) >= 11 is 1.32. The first-order valence-corrected chi connectivity index (χ1v) is 7.47. The van der Waals surface area contributed by atoms with Crippen LogP contribution < -0.4 is 0 Å². The van der Waals surface area contributed by atoms with E-state index in [1.807, 2.05) is 0 Å². The Kier molecular flexibility index (Phi) is 3.79. The molecule has 0 saturated carbocycles. The fourth-order valence-corrected chi connectivity index (χ4v) is 1.61. The Morgan fingerprint density at radius 2 is 2.00 bits per heavy atom. The van der Waals surface area contributed by atoms with E-state index < -0.39 is 8.07 Å². The van der Waals surface area contributed by atoms with E-state index in [2.05, 4.69) is 26.2 Å². The molecule has 0 aromatic heterocycles. The predicted molar refractivity (Wildman–Crippen MR) is 47.0 cm³/mol. The first kappa shape index (κ1) is 9.48. The van der Waals surface area contributed by atoms with Gasteiger partial charge in [-0.25, -0.2) is 0 Å². The van der Waals surface area contributed by atoms with Gasteiger partial charge in [0.05, 0.1) is 0 Å². The van der Waals surface area contributed by atoms with Crippen LogP contribution in [0.25, 0.3) is 0 Å². The fourth-order valence-electron chi connectivity index (χ4n) is 0.317. The van der Waals surface area contributed by atoms with Crippen molar-refractivity contribution in [2.24, 2.45) is 0 Å². The van der Waals surface area contributed by atoms with Gasteiger partial charge in [0, 0.05) is 0 Å². The molecule has 0 heterocycles. The quantitative estimate of drug-likeness (QED) is 0.625. The topological polar surface area (TPSA) is 9.23 Å². The van der Waals surface area contributed by atoms with Crippen LogP contribution in [0.5, 0.6) is 0 Å². The molecule has 0 aliphatic rings. The summed E-state index contributed by atoms with van der Waals surface area (Å²) in [6.45, 7) is 11.6. The van der Waals surface area contributed by atoms with Gasteiger partial charge in [0.1, 0.15) is 0 Å². The predicted octanol–water partition coefficient (Wildman–Crippen LogP) is 0.985. The summed E-state index contributed by atoms with van der Waals surface area (Å²) in [5, 5.41) is 1.30. The van der Waals surface area contributed by atoms with Crippen LogP contribution >= 0.6 is 0 Å². The summed E-state index contributed by atoms with van der Waals surface area (Å²) in [4.78, 5) is 0. The molecular weight excluding hydrogens is 191 g/mol. The van der Waals surface area contributed by atoms with E-state index in [0.29, 0.717) is 0 Å². The average Bonchev–Trinajstić information content (AvgIpc) is 1.64. The van der Waals surface area contributed by atoms with Crippen LogP contribution in [0.3, 0.4) is 0 Å². The Labute approximate surface area is 67.3 Å². The molecule has 0 aliphatic carbocycles. The van der Waals surface area contributed by atoms with E-state index in [9.17, 15) is 0 Å². The molecule has 0 fully saturated rings. The average molecular weight is 206 g/mol. The van der Waals surface area contributed by atoms with Crippen molar-refractivity contribution in [3.8, 4) is 0 Å². The molecule has 54 valence electrons. The van der Waals surface area contributed by atoms with E-state index in [1.54, 1.807) is 0 Å². The molecule has 1 nitrogen and oxygen atoms in total. The Balaban J connectivity index is 3.74. The second kappa shape index (κ2) is 3.60.